The van der Waals surface area contributed by atoms with Gasteiger partial charge in [0.05, 0.1) is 17.6 Å². The number of hydrogen-bond acceptors (Lipinski definition) is 5. The molecule has 2 aromatic rings. The van der Waals surface area contributed by atoms with Crippen LogP contribution in [0.25, 0.3) is 0 Å². The third-order valence-corrected chi connectivity index (χ3v) is 7.58. The van der Waals surface area contributed by atoms with Gasteiger partial charge >= 0.3 is 0 Å². The maximum Gasteiger partial charge on any atom is 0.255 e. The molecular formula is C22H28N2O4S2. The lowest BCUT2D eigenvalue weighted by Crippen LogP contribution is -2.38. The first kappa shape index (κ1) is 22.7. The Balaban J connectivity index is 1.81. The summed E-state index contributed by atoms with van der Waals surface area (Å²) in [6.45, 7) is 3.74. The molecule has 1 aliphatic rings. The Hall–Kier alpha value is -2.03. The summed E-state index contributed by atoms with van der Waals surface area (Å²) in [4.78, 5) is 15.8. The quantitative estimate of drug-likeness (QED) is 0.653. The van der Waals surface area contributed by atoms with E-state index in [0.717, 1.165) is 23.3 Å². The highest BCUT2D eigenvalue weighted by Gasteiger charge is 2.25. The molecule has 30 heavy (non-hydrogen) atoms. The van der Waals surface area contributed by atoms with Gasteiger partial charge in [-0.15, -0.1) is 11.8 Å². The number of rotatable bonds is 7. The molecule has 1 amide bonds. The first-order chi connectivity index (χ1) is 14.3. The van der Waals surface area contributed by atoms with E-state index < -0.39 is 10.0 Å². The number of carbonyl (C=O) groups is 1. The molecule has 1 N–H and O–H groups in total. The van der Waals surface area contributed by atoms with Crippen LogP contribution in [0.3, 0.4) is 0 Å². The van der Waals surface area contributed by atoms with Crippen molar-refractivity contribution >= 4 is 27.7 Å². The minimum Gasteiger partial charge on any atom is -0.497 e. The van der Waals surface area contributed by atoms with Crippen LogP contribution in [-0.2, 0) is 16.6 Å². The molecular weight excluding hydrogens is 420 g/mol. The molecule has 3 rings (SSSR count). The zero-order valence-electron chi connectivity index (χ0n) is 17.6. The standard InChI is InChI=1S/C22H28N2O4S2/c1-16-9-11-24(12-10-16)22(25)20-14-19(7-8-21(20)29-3)30(26,27)23-15-17-5-4-6-18(13-17)28-2/h4-8,13-14,16,23H,9-12,15H2,1-3H3. The molecule has 0 unspecified atom stereocenters. The molecule has 0 radical (unpaired) electrons. The van der Waals surface area contributed by atoms with Gasteiger partial charge in [-0.05, 0) is 60.9 Å². The van der Waals surface area contributed by atoms with Gasteiger partial charge in [0.1, 0.15) is 5.75 Å². The van der Waals surface area contributed by atoms with Crippen LogP contribution >= 0.6 is 11.8 Å². The van der Waals surface area contributed by atoms with Crippen LogP contribution in [0.1, 0.15) is 35.7 Å². The molecule has 0 bridgehead atoms. The van der Waals surface area contributed by atoms with Crippen molar-refractivity contribution in [3.63, 3.8) is 0 Å². The summed E-state index contributed by atoms with van der Waals surface area (Å²) in [5.41, 5.74) is 1.23. The summed E-state index contributed by atoms with van der Waals surface area (Å²) in [6.07, 6.45) is 3.83. The maximum atomic E-state index is 13.1. The Bertz CT molecular complexity index is 1000. The average molecular weight is 449 g/mol. The van der Waals surface area contributed by atoms with Gasteiger partial charge in [0, 0.05) is 24.5 Å². The summed E-state index contributed by atoms with van der Waals surface area (Å²) in [5, 5.41) is 0. The second-order valence-corrected chi connectivity index (χ2v) is 10.1. The smallest absolute Gasteiger partial charge is 0.255 e. The normalized spacial score (nSPS) is 15.2. The minimum absolute atomic E-state index is 0.0944. The number of ether oxygens (including phenoxy) is 1. The second-order valence-electron chi connectivity index (χ2n) is 7.51. The zero-order valence-corrected chi connectivity index (χ0v) is 19.2. The van der Waals surface area contributed by atoms with Crippen molar-refractivity contribution < 1.29 is 17.9 Å². The Kier molecular flexibility index (Phi) is 7.44. The Morgan fingerprint density at radius 1 is 1.20 bits per heavy atom. The van der Waals surface area contributed by atoms with E-state index in [1.807, 2.05) is 23.3 Å². The van der Waals surface area contributed by atoms with Crippen molar-refractivity contribution in [2.24, 2.45) is 5.92 Å². The van der Waals surface area contributed by atoms with Crippen LogP contribution in [0.5, 0.6) is 5.75 Å². The van der Waals surface area contributed by atoms with E-state index in [4.69, 9.17) is 4.74 Å². The highest BCUT2D eigenvalue weighted by atomic mass is 32.2. The van der Waals surface area contributed by atoms with Crippen LogP contribution < -0.4 is 9.46 Å². The van der Waals surface area contributed by atoms with Gasteiger partial charge in [-0.3, -0.25) is 4.79 Å². The van der Waals surface area contributed by atoms with E-state index in [1.54, 1.807) is 31.4 Å². The van der Waals surface area contributed by atoms with Crippen LogP contribution in [0.2, 0.25) is 0 Å². The molecule has 8 heteroatoms. The van der Waals surface area contributed by atoms with Crippen LogP contribution in [-0.4, -0.2) is 45.7 Å². The fourth-order valence-electron chi connectivity index (χ4n) is 3.45. The van der Waals surface area contributed by atoms with Crippen LogP contribution in [0.4, 0.5) is 0 Å². The first-order valence-electron chi connectivity index (χ1n) is 9.94. The number of nitrogens with zero attached hydrogens (tertiary/aromatic N) is 1. The van der Waals surface area contributed by atoms with E-state index in [9.17, 15) is 13.2 Å². The molecule has 1 saturated heterocycles. The lowest BCUT2D eigenvalue weighted by Gasteiger charge is -2.30. The third-order valence-electron chi connectivity index (χ3n) is 5.38. The largest absolute Gasteiger partial charge is 0.497 e. The predicted molar refractivity (Wildman–Crippen MR) is 120 cm³/mol. The summed E-state index contributed by atoms with van der Waals surface area (Å²) < 4.78 is 33.6. The highest BCUT2D eigenvalue weighted by molar-refractivity contribution is 7.98. The Morgan fingerprint density at radius 2 is 1.93 bits per heavy atom. The lowest BCUT2D eigenvalue weighted by molar-refractivity contribution is 0.0693. The molecule has 1 aliphatic heterocycles. The number of carbonyl (C=O) groups excluding carboxylic acids is 1. The van der Waals surface area contributed by atoms with Gasteiger partial charge in [-0.25, -0.2) is 13.1 Å². The summed E-state index contributed by atoms with van der Waals surface area (Å²) in [5.74, 6) is 1.18. The lowest BCUT2D eigenvalue weighted by atomic mass is 9.98. The molecule has 0 spiro atoms. The maximum absolute atomic E-state index is 13.1. The number of thioether (sulfide) groups is 1. The van der Waals surface area contributed by atoms with Crippen molar-refractivity contribution in [3.05, 3.63) is 53.6 Å². The predicted octanol–water partition coefficient (Wildman–Crippen LogP) is 3.77. The number of hydrogen-bond donors (Lipinski definition) is 1. The van der Waals surface area contributed by atoms with E-state index in [0.29, 0.717) is 30.3 Å². The third kappa shape index (κ3) is 5.36. The molecule has 0 aromatic heterocycles. The summed E-state index contributed by atoms with van der Waals surface area (Å²) >= 11 is 1.45. The number of methoxy groups -OCH3 is 1. The van der Waals surface area contributed by atoms with E-state index in [2.05, 4.69) is 11.6 Å². The molecule has 0 aliphatic carbocycles. The summed E-state index contributed by atoms with van der Waals surface area (Å²) in [6, 6.07) is 12.0. The topological polar surface area (TPSA) is 75.7 Å². The molecule has 1 heterocycles. The molecule has 162 valence electrons. The van der Waals surface area contributed by atoms with Crippen molar-refractivity contribution in [1.82, 2.24) is 9.62 Å². The number of sulfonamides is 1. The second kappa shape index (κ2) is 9.85. The number of piperidine rings is 1. The van der Waals surface area contributed by atoms with E-state index >= 15 is 0 Å². The number of amides is 1. The number of benzene rings is 2. The molecule has 0 atom stereocenters. The zero-order chi connectivity index (χ0) is 21.7. The van der Waals surface area contributed by atoms with Gasteiger partial charge in [-0.1, -0.05) is 19.1 Å². The van der Waals surface area contributed by atoms with Gasteiger partial charge in [0.25, 0.3) is 5.91 Å². The minimum atomic E-state index is -3.77. The van der Waals surface area contributed by atoms with Crippen molar-refractivity contribution in [1.29, 1.82) is 0 Å². The van der Waals surface area contributed by atoms with Gasteiger partial charge in [-0.2, -0.15) is 0 Å². The van der Waals surface area contributed by atoms with Crippen LogP contribution in [0, 0.1) is 5.92 Å². The van der Waals surface area contributed by atoms with Crippen molar-refractivity contribution in [2.75, 3.05) is 26.5 Å². The van der Waals surface area contributed by atoms with Crippen LogP contribution in [0.15, 0.2) is 52.3 Å². The molecule has 2 aromatic carbocycles. The summed E-state index contributed by atoms with van der Waals surface area (Å²) in [7, 11) is -2.20. The first-order valence-corrected chi connectivity index (χ1v) is 12.6. The highest BCUT2D eigenvalue weighted by Crippen LogP contribution is 2.27. The molecule has 1 fully saturated rings. The number of nitrogens with one attached hydrogen (secondary N) is 1. The molecule has 6 nitrogen and oxygen atoms in total. The Morgan fingerprint density at radius 3 is 2.60 bits per heavy atom. The van der Waals surface area contributed by atoms with Crippen molar-refractivity contribution in [2.45, 2.75) is 36.1 Å². The average Bonchev–Trinajstić information content (AvgIpc) is 2.77. The van der Waals surface area contributed by atoms with Gasteiger partial charge in [0.15, 0.2) is 0 Å². The van der Waals surface area contributed by atoms with Gasteiger partial charge in [0.2, 0.25) is 10.0 Å². The Labute approximate surface area is 183 Å². The monoisotopic (exact) mass is 448 g/mol. The fourth-order valence-corrected chi connectivity index (χ4v) is 5.06. The SMILES string of the molecule is COc1cccc(CNS(=O)(=O)c2ccc(SC)c(C(=O)N3CCC(C)CC3)c2)c1. The van der Waals surface area contributed by atoms with E-state index in [-0.39, 0.29) is 17.3 Å². The number of likely N-dealkylation sites (tertiary alicyclic amines) is 1. The van der Waals surface area contributed by atoms with Crippen molar-refractivity contribution in [3.8, 4) is 5.75 Å². The van der Waals surface area contributed by atoms with E-state index in [1.165, 1.54) is 17.8 Å². The fraction of sp³-hybridized carbons (Fsp3) is 0.409. The van der Waals surface area contributed by atoms with Gasteiger partial charge < -0.3 is 9.64 Å². The molecule has 0 saturated carbocycles.